The van der Waals surface area contributed by atoms with Gasteiger partial charge in [0.25, 0.3) is 5.92 Å². The van der Waals surface area contributed by atoms with E-state index in [1.165, 1.54) is 0 Å². The average Bonchev–Trinajstić information content (AvgIpc) is 2.29. The molecule has 0 aromatic heterocycles. The largest absolute Gasteiger partial charge is 0.306 e. The second-order valence-corrected chi connectivity index (χ2v) is 5.01. The molecular weight excluding hydrogens is 260 g/mol. The van der Waals surface area contributed by atoms with Gasteiger partial charge in [-0.05, 0) is 12.0 Å². The van der Waals surface area contributed by atoms with Gasteiger partial charge in [0.15, 0.2) is 11.1 Å². The molecule has 0 aliphatic carbocycles. The standard InChI is InChI=1S/C12H17F2NO2S/c1-2-11(10-6-4-3-5-7-10)15-8-12(13,14)9-18(16)17/h3-7,11,15H,2,8-9H2,1H3,(H,16,17). The van der Waals surface area contributed by atoms with Crippen molar-refractivity contribution in [2.24, 2.45) is 0 Å². The second-order valence-electron chi connectivity index (χ2n) is 4.07. The summed E-state index contributed by atoms with van der Waals surface area (Å²) in [6, 6.07) is 9.11. The summed E-state index contributed by atoms with van der Waals surface area (Å²) in [5.74, 6) is -4.22. The molecule has 0 aliphatic rings. The van der Waals surface area contributed by atoms with Gasteiger partial charge in [-0.2, -0.15) is 0 Å². The van der Waals surface area contributed by atoms with Crippen LogP contribution < -0.4 is 5.32 Å². The highest BCUT2D eigenvalue weighted by molar-refractivity contribution is 7.79. The molecule has 1 aromatic rings. The van der Waals surface area contributed by atoms with Crippen molar-refractivity contribution in [3.63, 3.8) is 0 Å². The van der Waals surface area contributed by atoms with Crippen LogP contribution in [0, 0.1) is 0 Å². The SMILES string of the molecule is CCC(NCC(F)(F)CS(=O)O)c1ccccc1. The van der Waals surface area contributed by atoms with Gasteiger partial charge in [0.05, 0.1) is 6.54 Å². The third kappa shape index (κ3) is 5.20. The minimum atomic E-state index is -3.18. The lowest BCUT2D eigenvalue weighted by Crippen LogP contribution is -2.38. The number of alkyl halides is 2. The van der Waals surface area contributed by atoms with Crippen LogP contribution in [0.3, 0.4) is 0 Å². The Morgan fingerprint density at radius 3 is 2.50 bits per heavy atom. The Hall–Kier alpha value is -0.850. The highest BCUT2D eigenvalue weighted by atomic mass is 32.2. The lowest BCUT2D eigenvalue weighted by Gasteiger charge is -2.21. The first-order valence-corrected chi connectivity index (χ1v) is 6.96. The van der Waals surface area contributed by atoms with Crippen molar-refractivity contribution < 1.29 is 17.5 Å². The summed E-state index contributed by atoms with van der Waals surface area (Å²) >= 11 is -2.49. The Morgan fingerprint density at radius 2 is 2.00 bits per heavy atom. The molecule has 0 aliphatic heterocycles. The van der Waals surface area contributed by atoms with Gasteiger partial charge in [0, 0.05) is 6.04 Å². The average molecular weight is 277 g/mol. The summed E-state index contributed by atoms with van der Waals surface area (Å²) in [5.41, 5.74) is 0.931. The van der Waals surface area contributed by atoms with E-state index in [1.54, 1.807) is 0 Å². The first kappa shape index (κ1) is 15.2. The second kappa shape index (κ2) is 6.92. The molecule has 0 radical (unpaired) electrons. The van der Waals surface area contributed by atoms with Crippen molar-refractivity contribution in [2.75, 3.05) is 12.3 Å². The fraction of sp³-hybridized carbons (Fsp3) is 0.500. The first-order chi connectivity index (χ1) is 8.44. The molecule has 18 heavy (non-hydrogen) atoms. The maximum Gasteiger partial charge on any atom is 0.273 e. The van der Waals surface area contributed by atoms with E-state index in [0.717, 1.165) is 5.56 Å². The Kier molecular flexibility index (Phi) is 5.84. The molecule has 1 rings (SSSR count). The molecule has 0 saturated heterocycles. The molecule has 2 N–H and O–H groups in total. The molecule has 0 heterocycles. The van der Waals surface area contributed by atoms with Gasteiger partial charge in [-0.1, -0.05) is 37.3 Å². The van der Waals surface area contributed by atoms with Crippen LogP contribution in [0.25, 0.3) is 0 Å². The molecule has 6 heteroatoms. The fourth-order valence-corrected chi connectivity index (χ4v) is 2.15. The fourth-order valence-electron chi connectivity index (χ4n) is 1.69. The van der Waals surface area contributed by atoms with Crippen molar-refractivity contribution in [1.29, 1.82) is 0 Å². The van der Waals surface area contributed by atoms with Crippen LogP contribution in [0.2, 0.25) is 0 Å². The van der Waals surface area contributed by atoms with Gasteiger partial charge in [0.2, 0.25) is 0 Å². The van der Waals surface area contributed by atoms with E-state index in [2.05, 4.69) is 5.32 Å². The van der Waals surface area contributed by atoms with Crippen LogP contribution in [0.5, 0.6) is 0 Å². The molecule has 0 saturated carbocycles. The van der Waals surface area contributed by atoms with E-state index in [4.69, 9.17) is 4.55 Å². The van der Waals surface area contributed by atoms with E-state index in [9.17, 15) is 13.0 Å². The zero-order valence-electron chi connectivity index (χ0n) is 10.1. The van der Waals surface area contributed by atoms with Crippen molar-refractivity contribution in [2.45, 2.75) is 25.3 Å². The zero-order valence-corrected chi connectivity index (χ0v) is 10.9. The van der Waals surface area contributed by atoms with Crippen LogP contribution in [0.1, 0.15) is 24.9 Å². The van der Waals surface area contributed by atoms with E-state index >= 15 is 0 Å². The van der Waals surface area contributed by atoms with Gasteiger partial charge in [-0.25, -0.2) is 13.0 Å². The third-order valence-corrected chi connectivity index (χ3v) is 3.22. The van der Waals surface area contributed by atoms with Gasteiger partial charge >= 0.3 is 0 Å². The van der Waals surface area contributed by atoms with E-state index < -0.39 is 29.3 Å². The highest BCUT2D eigenvalue weighted by Crippen LogP contribution is 2.19. The third-order valence-electron chi connectivity index (χ3n) is 2.55. The number of benzene rings is 1. The molecule has 0 amide bonds. The van der Waals surface area contributed by atoms with Gasteiger partial charge in [-0.15, -0.1) is 0 Å². The molecular formula is C12H17F2NO2S. The summed E-state index contributed by atoms with van der Waals surface area (Å²) < 4.78 is 45.4. The Balaban J connectivity index is 2.57. The highest BCUT2D eigenvalue weighted by Gasteiger charge is 2.31. The van der Waals surface area contributed by atoms with Crippen molar-refractivity contribution >= 4 is 11.1 Å². The quantitative estimate of drug-likeness (QED) is 0.753. The monoisotopic (exact) mass is 277 g/mol. The number of hydrogen-bond donors (Lipinski definition) is 2. The Bertz CT molecular complexity index is 387. The van der Waals surface area contributed by atoms with Crippen molar-refractivity contribution in [1.82, 2.24) is 5.32 Å². The molecule has 1 aromatic carbocycles. The van der Waals surface area contributed by atoms with E-state index in [0.29, 0.717) is 6.42 Å². The molecule has 0 fully saturated rings. The Morgan fingerprint density at radius 1 is 1.39 bits per heavy atom. The maximum atomic E-state index is 13.3. The lowest BCUT2D eigenvalue weighted by atomic mass is 10.0. The van der Waals surface area contributed by atoms with E-state index in [1.807, 2.05) is 37.3 Å². The summed E-state index contributed by atoms with van der Waals surface area (Å²) in [6.45, 7) is 1.29. The van der Waals surface area contributed by atoms with Crippen molar-refractivity contribution in [3.8, 4) is 0 Å². The lowest BCUT2D eigenvalue weighted by molar-refractivity contribution is 0.0230. The van der Waals surface area contributed by atoms with E-state index in [-0.39, 0.29) is 6.04 Å². The maximum absolute atomic E-state index is 13.3. The van der Waals surface area contributed by atoms with Gasteiger partial charge < -0.3 is 9.87 Å². The predicted molar refractivity (Wildman–Crippen MR) is 68.1 cm³/mol. The van der Waals surface area contributed by atoms with Crippen LogP contribution in [-0.4, -0.2) is 27.0 Å². The predicted octanol–water partition coefficient (Wildman–Crippen LogP) is 2.58. The normalized spacial score (nSPS) is 15.3. The number of nitrogens with one attached hydrogen (secondary N) is 1. The summed E-state index contributed by atoms with van der Waals surface area (Å²) in [7, 11) is 0. The smallest absolute Gasteiger partial charge is 0.273 e. The number of halogens is 2. The van der Waals surface area contributed by atoms with Gasteiger partial charge in [-0.3, -0.25) is 0 Å². The Labute approximate surface area is 108 Å². The minimum absolute atomic E-state index is 0.177. The molecule has 0 bridgehead atoms. The first-order valence-electron chi connectivity index (χ1n) is 5.68. The molecule has 2 atom stereocenters. The van der Waals surface area contributed by atoms with Crippen LogP contribution in [0.15, 0.2) is 30.3 Å². The molecule has 3 nitrogen and oxygen atoms in total. The zero-order chi connectivity index (χ0) is 13.6. The summed E-state index contributed by atoms with van der Waals surface area (Å²) in [5, 5.41) is 2.74. The molecule has 102 valence electrons. The van der Waals surface area contributed by atoms with Crippen molar-refractivity contribution in [3.05, 3.63) is 35.9 Å². The van der Waals surface area contributed by atoms with Crippen LogP contribution in [-0.2, 0) is 11.1 Å². The van der Waals surface area contributed by atoms with Gasteiger partial charge in [0.1, 0.15) is 5.75 Å². The summed E-state index contributed by atoms with van der Waals surface area (Å²) in [6.07, 6.45) is 0.669. The topological polar surface area (TPSA) is 49.3 Å². The summed E-state index contributed by atoms with van der Waals surface area (Å²) in [4.78, 5) is 0. The molecule has 2 unspecified atom stereocenters. The minimum Gasteiger partial charge on any atom is -0.306 e. The van der Waals surface area contributed by atoms with Crippen LogP contribution in [0.4, 0.5) is 8.78 Å². The molecule has 0 spiro atoms. The number of rotatable bonds is 7. The van der Waals surface area contributed by atoms with Crippen LogP contribution >= 0.6 is 0 Å². The number of hydrogen-bond acceptors (Lipinski definition) is 2.